The van der Waals surface area contributed by atoms with Crippen molar-refractivity contribution in [3.8, 4) is 0 Å². The summed E-state index contributed by atoms with van der Waals surface area (Å²) < 4.78 is 0. The van der Waals surface area contributed by atoms with Crippen LogP contribution in [0, 0.1) is 5.41 Å². The van der Waals surface area contributed by atoms with Crippen LogP contribution < -0.4 is 5.32 Å². The van der Waals surface area contributed by atoms with Crippen molar-refractivity contribution in [2.45, 2.75) is 46.2 Å². The maximum absolute atomic E-state index is 12.3. The minimum absolute atomic E-state index is 0.0230. The van der Waals surface area contributed by atoms with E-state index in [0.29, 0.717) is 25.3 Å². The number of hydrogen-bond acceptors (Lipinski definition) is 4. The van der Waals surface area contributed by atoms with Crippen LogP contribution in [-0.4, -0.2) is 44.5 Å². The van der Waals surface area contributed by atoms with E-state index in [1.165, 1.54) is 6.33 Å². The molecule has 7 nitrogen and oxygen atoms in total. The van der Waals surface area contributed by atoms with Gasteiger partial charge in [0.2, 0.25) is 11.8 Å². The first kappa shape index (κ1) is 14.5. The van der Waals surface area contributed by atoms with Crippen LogP contribution >= 0.6 is 0 Å². The smallest absolute Gasteiger partial charge is 0.243 e. The molecule has 2 rings (SSSR count). The van der Waals surface area contributed by atoms with Crippen LogP contribution in [0.15, 0.2) is 6.33 Å². The van der Waals surface area contributed by atoms with Crippen LogP contribution in [0.3, 0.4) is 0 Å². The molecule has 0 spiro atoms. The van der Waals surface area contributed by atoms with Crippen LogP contribution in [0.1, 0.15) is 39.4 Å². The lowest BCUT2D eigenvalue weighted by Gasteiger charge is -2.30. The Bertz CT molecular complexity index is 477. The lowest BCUT2D eigenvalue weighted by Crippen LogP contribution is -2.49. The summed E-state index contributed by atoms with van der Waals surface area (Å²) in [6, 6.07) is -0.371. The van der Waals surface area contributed by atoms with E-state index in [1.54, 1.807) is 4.90 Å². The van der Waals surface area contributed by atoms with Crippen molar-refractivity contribution in [1.29, 1.82) is 0 Å². The number of aromatic amines is 1. The predicted octanol–water partition coefficient (Wildman–Crippen LogP) is 0.458. The van der Waals surface area contributed by atoms with Gasteiger partial charge in [0.15, 0.2) is 0 Å². The molecule has 0 bridgehead atoms. The molecule has 0 aromatic carbocycles. The molecule has 1 aromatic rings. The molecule has 2 heterocycles. The molecule has 1 fully saturated rings. The number of nitrogens with one attached hydrogen (secondary N) is 2. The second kappa shape index (κ2) is 5.60. The minimum Gasteiger partial charge on any atom is -0.347 e. The highest BCUT2D eigenvalue weighted by Crippen LogP contribution is 2.25. The van der Waals surface area contributed by atoms with Crippen molar-refractivity contribution in [3.05, 3.63) is 12.2 Å². The number of nitrogens with zero attached hydrogens (tertiary/aromatic N) is 3. The van der Waals surface area contributed by atoms with E-state index in [-0.39, 0.29) is 17.9 Å². The van der Waals surface area contributed by atoms with Crippen molar-refractivity contribution in [3.63, 3.8) is 0 Å². The van der Waals surface area contributed by atoms with Crippen LogP contribution in [0.4, 0.5) is 0 Å². The number of amides is 2. The molecule has 1 aliphatic rings. The van der Waals surface area contributed by atoms with Crippen LogP contribution in [0.25, 0.3) is 0 Å². The van der Waals surface area contributed by atoms with Gasteiger partial charge in [-0.2, -0.15) is 5.10 Å². The van der Waals surface area contributed by atoms with Gasteiger partial charge in [0.25, 0.3) is 0 Å². The Kier molecular flexibility index (Phi) is 4.06. The SMILES string of the molecule is CC(C)(C)C(=O)N1CCCC1C(=O)NCc1ncn[nH]1. The summed E-state index contributed by atoms with van der Waals surface area (Å²) in [4.78, 5) is 30.2. The van der Waals surface area contributed by atoms with Crippen molar-refractivity contribution in [1.82, 2.24) is 25.4 Å². The number of carbonyl (C=O) groups is 2. The normalized spacial score (nSPS) is 19.1. The van der Waals surface area contributed by atoms with Crippen molar-refractivity contribution in [2.24, 2.45) is 5.41 Å². The average molecular weight is 279 g/mol. The molecule has 7 heteroatoms. The first-order valence-electron chi connectivity index (χ1n) is 6.82. The van der Waals surface area contributed by atoms with Gasteiger partial charge in [-0.1, -0.05) is 20.8 Å². The number of carbonyl (C=O) groups excluding carboxylic acids is 2. The molecule has 0 radical (unpaired) electrons. The standard InChI is InChI=1S/C13H21N5O2/c1-13(2,3)12(20)18-6-4-5-9(18)11(19)14-7-10-15-8-16-17-10/h8-9H,4-7H2,1-3H3,(H,14,19)(H,15,16,17). The lowest BCUT2D eigenvalue weighted by molar-refractivity contribution is -0.144. The number of H-pyrrole nitrogens is 1. The third-order valence-electron chi connectivity index (χ3n) is 3.35. The Morgan fingerprint density at radius 1 is 1.50 bits per heavy atom. The fourth-order valence-electron chi connectivity index (χ4n) is 2.32. The number of likely N-dealkylation sites (tertiary alicyclic amines) is 1. The predicted molar refractivity (Wildman–Crippen MR) is 72.4 cm³/mol. The molecule has 1 atom stereocenters. The topological polar surface area (TPSA) is 91.0 Å². The van der Waals surface area contributed by atoms with E-state index in [2.05, 4.69) is 20.5 Å². The van der Waals surface area contributed by atoms with Gasteiger partial charge in [-0.15, -0.1) is 0 Å². The van der Waals surface area contributed by atoms with E-state index in [1.807, 2.05) is 20.8 Å². The van der Waals surface area contributed by atoms with Gasteiger partial charge in [0, 0.05) is 12.0 Å². The van der Waals surface area contributed by atoms with Crippen LogP contribution in [0.2, 0.25) is 0 Å². The maximum atomic E-state index is 12.3. The third-order valence-corrected chi connectivity index (χ3v) is 3.35. The quantitative estimate of drug-likeness (QED) is 0.841. The molecular weight excluding hydrogens is 258 g/mol. The van der Waals surface area contributed by atoms with E-state index < -0.39 is 5.41 Å². The molecule has 2 N–H and O–H groups in total. The summed E-state index contributed by atoms with van der Waals surface area (Å²) in [6.07, 6.45) is 2.97. The summed E-state index contributed by atoms with van der Waals surface area (Å²) in [5.74, 6) is 0.497. The summed E-state index contributed by atoms with van der Waals surface area (Å²) in [6.45, 7) is 6.56. The zero-order valence-electron chi connectivity index (χ0n) is 12.1. The van der Waals surface area contributed by atoms with Gasteiger partial charge in [0.05, 0.1) is 6.54 Å². The highest BCUT2D eigenvalue weighted by molar-refractivity contribution is 5.90. The molecule has 0 aliphatic carbocycles. The molecule has 0 saturated carbocycles. The zero-order valence-corrected chi connectivity index (χ0v) is 12.1. The molecule has 2 amide bonds. The summed E-state index contributed by atoms with van der Waals surface area (Å²) in [5, 5.41) is 9.20. The summed E-state index contributed by atoms with van der Waals surface area (Å²) in [5.41, 5.74) is -0.464. The Morgan fingerprint density at radius 3 is 2.85 bits per heavy atom. The second-order valence-electron chi connectivity index (χ2n) is 6.06. The van der Waals surface area contributed by atoms with Crippen LogP contribution in [0.5, 0.6) is 0 Å². The lowest BCUT2D eigenvalue weighted by atomic mass is 9.94. The highest BCUT2D eigenvalue weighted by Gasteiger charge is 2.38. The number of rotatable bonds is 3. The van der Waals surface area contributed by atoms with Crippen molar-refractivity contribution >= 4 is 11.8 Å². The van der Waals surface area contributed by atoms with E-state index >= 15 is 0 Å². The highest BCUT2D eigenvalue weighted by atomic mass is 16.2. The van der Waals surface area contributed by atoms with Gasteiger partial charge in [-0.3, -0.25) is 14.7 Å². The third kappa shape index (κ3) is 3.15. The Morgan fingerprint density at radius 2 is 2.25 bits per heavy atom. The average Bonchev–Trinajstić information content (AvgIpc) is 3.04. The molecule has 1 saturated heterocycles. The van der Waals surface area contributed by atoms with E-state index in [0.717, 1.165) is 6.42 Å². The fourth-order valence-corrected chi connectivity index (χ4v) is 2.32. The Balaban J connectivity index is 1.96. The van der Waals surface area contributed by atoms with E-state index in [9.17, 15) is 9.59 Å². The first-order chi connectivity index (χ1) is 9.39. The fraction of sp³-hybridized carbons (Fsp3) is 0.692. The second-order valence-corrected chi connectivity index (χ2v) is 6.06. The summed E-state index contributed by atoms with van der Waals surface area (Å²) >= 11 is 0. The molecule has 1 aromatic heterocycles. The van der Waals surface area contributed by atoms with Gasteiger partial charge < -0.3 is 10.2 Å². The molecule has 20 heavy (non-hydrogen) atoms. The maximum Gasteiger partial charge on any atom is 0.243 e. The Labute approximate surface area is 118 Å². The van der Waals surface area contributed by atoms with Gasteiger partial charge >= 0.3 is 0 Å². The van der Waals surface area contributed by atoms with Gasteiger partial charge in [-0.05, 0) is 12.8 Å². The van der Waals surface area contributed by atoms with E-state index in [4.69, 9.17) is 0 Å². The van der Waals surface area contributed by atoms with Crippen molar-refractivity contribution in [2.75, 3.05) is 6.54 Å². The minimum atomic E-state index is -0.464. The number of aromatic nitrogens is 3. The Hall–Kier alpha value is -1.92. The largest absolute Gasteiger partial charge is 0.347 e. The van der Waals surface area contributed by atoms with Gasteiger partial charge in [-0.25, -0.2) is 4.98 Å². The first-order valence-corrected chi connectivity index (χ1v) is 6.82. The molecule has 1 aliphatic heterocycles. The van der Waals surface area contributed by atoms with Gasteiger partial charge in [0.1, 0.15) is 18.2 Å². The molecular formula is C13H21N5O2. The molecule has 110 valence electrons. The van der Waals surface area contributed by atoms with Crippen LogP contribution in [-0.2, 0) is 16.1 Å². The monoisotopic (exact) mass is 279 g/mol. The summed E-state index contributed by atoms with van der Waals surface area (Å²) in [7, 11) is 0. The molecule has 1 unspecified atom stereocenters. The van der Waals surface area contributed by atoms with Crippen molar-refractivity contribution < 1.29 is 9.59 Å². The zero-order chi connectivity index (χ0) is 14.8. The number of hydrogen-bond donors (Lipinski definition) is 2.